The summed E-state index contributed by atoms with van der Waals surface area (Å²) in [7, 11) is 0. The van der Waals surface area contributed by atoms with Crippen molar-refractivity contribution in [3.63, 3.8) is 0 Å². The number of aromatic nitrogens is 2. The summed E-state index contributed by atoms with van der Waals surface area (Å²) >= 11 is 1.65. The average molecular weight is 309 g/mol. The van der Waals surface area contributed by atoms with Gasteiger partial charge in [0, 0.05) is 11.3 Å². The number of rotatable bonds is 1. The van der Waals surface area contributed by atoms with E-state index in [1.807, 2.05) is 13.0 Å². The molecule has 0 saturated heterocycles. The molecule has 2 N–H and O–H groups in total. The van der Waals surface area contributed by atoms with Crippen molar-refractivity contribution < 1.29 is 4.79 Å². The third-order valence-corrected chi connectivity index (χ3v) is 5.25. The quantitative estimate of drug-likeness (QED) is 0.721. The Kier molecular flexibility index (Phi) is 3.15. The highest BCUT2D eigenvalue weighted by molar-refractivity contribution is 8.00. The molecule has 0 spiro atoms. The van der Waals surface area contributed by atoms with Gasteiger partial charge in [-0.25, -0.2) is 0 Å². The van der Waals surface area contributed by atoms with Gasteiger partial charge in [0.15, 0.2) is 5.82 Å². The van der Waals surface area contributed by atoms with Crippen molar-refractivity contribution in [3.05, 3.63) is 59.3 Å². The minimum atomic E-state index is 0.000451. The van der Waals surface area contributed by atoms with E-state index >= 15 is 0 Å². The fourth-order valence-electron chi connectivity index (χ4n) is 2.99. The number of carbonyl (C=O) groups excluding carboxylic acids is 1. The molecule has 4 nitrogen and oxygen atoms in total. The van der Waals surface area contributed by atoms with Crippen LogP contribution in [0.3, 0.4) is 0 Å². The lowest BCUT2D eigenvalue weighted by molar-refractivity contribution is -0.113. The lowest BCUT2D eigenvalue weighted by Crippen LogP contribution is -2.12. The number of nitrogens with zero attached hydrogens (tertiary/aromatic N) is 1. The lowest BCUT2D eigenvalue weighted by Gasteiger charge is -2.17. The molecular formula is C17H15N3OS. The van der Waals surface area contributed by atoms with E-state index in [2.05, 4.69) is 51.9 Å². The second-order valence-corrected chi connectivity index (χ2v) is 6.51. The fourth-order valence-corrected chi connectivity index (χ4v) is 4.22. The molecule has 4 rings (SSSR count). The summed E-state index contributed by atoms with van der Waals surface area (Å²) < 4.78 is 0. The number of nitrogens with one attached hydrogen (secondary N) is 2. The van der Waals surface area contributed by atoms with Crippen molar-refractivity contribution in [3.8, 4) is 0 Å². The van der Waals surface area contributed by atoms with Gasteiger partial charge in [-0.15, -0.1) is 11.8 Å². The Morgan fingerprint density at radius 2 is 2.00 bits per heavy atom. The van der Waals surface area contributed by atoms with Crippen LogP contribution < -0.4 is 5.32 Å². The number of aromatic amines is 1. The van der Waals surface area contributed by atoms with Crippen LogP contribution in [0.15, 0.2) is 42.5 Å². The van der Waals surface area contributed by atoms with Gasteiger partial charge >= 0.3 is 0 Å². The molecule has 5 heteroatoms. The number of anilines is 1. The molecular weight excluding hydrogens is 294 g/mol. The second-order valence-electron chi connectivity index (χ2n) is 5.42. The molecule has 0 radical (unpaired) electrons. The van der Waals surface area contributed by atoms with Crippen LogP contribution in [0.4, 0.5) is 5.82 Å². The van der Waals surface area contributed by atoms with Gasteiger partial charge in [0.2, 0.25) is 5.91 Å². The maximum Gasteiger partial charge on any atom is 0.235 e. The molecule has 1 aromatic heterocycles. The highest BCUT2D eigenvalue weighted by atomic mass is 32.2. The average Bonchev–Trinajstić information content (AvgIpc) is 2.79. The van der Waals surface area contributed by atoms with E-state index < -0.39 is 0 Å². The number of benzene rings is 2. The van der Waals surface area contributed by atoms with E-state index in [1.54, 1.807) is 11.8 Å². The second kappa shape index (κ2) is 5.18. The van der Waals surface area contributed by atoms with Crippen LogP contribution in [0.1, 0.15) is 22.1 Å². The highest BCUT2D eigenvalue weighted by Crippen LogP contribution is 2.44. The minimum Gasteiger partial charge on any atom is -0.308 e. The standard InChI is InChI=1S/C17H15N3OS/c1-10-15-16(22-9-14(21)18-17(15)20-19-10)13-8-4-6-11-5-2-3-7-12(11)13/h2-8,16H,9H2,1H3,(H2,18,19,20,21)/t16-/m0/s1. The number of aryl methyl sites for hydroxylation is 1. The van der Waals surface area contributed by atoms with Crippen LogP contribution in [0.2, 0.25) is 0 Å². The molecule has 1 aliphatic rings. The molecule has 0 unspecified atom stereocenters. The third kappa shape index (κ3) is 2.09. The minimum absolute atomic E-state index is 0.000451. The van der Waals surface area contributed by atoms with Gasteiger partial charge in [0.1, 0.15) is 0 Å². The van der Waals surface area contributed by atoms with Crippen molar-refractivity contribution in [1.29, 1.82) is 0 Å². The zero-order valence-corrected chi connectivity index (χ0v) is 12.9. The SMILES string of the molecule is Cc1[nH]nc2c1[C@H](c1cccc3ccccc13)SCC(=O)N2. The van der Waals surface area contributed by atoms with Gasteiger partial charge in [-0.2, -0.15) is 5.10 Å². The maximum absolute atomic E-state index is 11.9. The number of carbonyl (C=O) groups is 1. The molecule has 1 atom stereocenters. The van der Waals surface area contributed by atoms with Crippen LogP contribution in [-0.2, 0) is 4.79 Å². The predicted molar refractivity (Wildman–Crippen MR) is 90.2 cm³/mol. The number of hydrogen-bond acceptors (Lipinski definition) is 3. The largest absolute Gasteiger partial charge is 0.308 e. The first-order valence-electron chi connectivity index (χ1n) is 7.18. The fraction of sp³-hybridized carbons (Fsp3) is 0.176. The van der Waals surface area contributed by atoms with Crippen LogP contribution >= 0.6 is 11.8 Å². The molecule has 0 saturated carbocycles. The smallest absolute Gasteiger partial charge is 0.235 e. The molecule has 22 heavy (non-hydrogen) atoms. The summed E-state index contributed by atoms with van der Waals surface area (Å²) in [5.74, 6) is 1.09. The van der Waals surface area contributed by atoms with E-state index in [9.17, 15) is 4.79 Å². The Morgan fingerprint density at radius 1 is 1.18 bits per heavy atom. The van der Waals surface area contributed by atoms with Crippen LogP contribution in [0, 0.1) is 6.92 Å². The van der Waals surface area contributed by atoms with Crippen molar-refractivity contribution >= 4 is 34.3 Å². The van der Waals surface area contributed by atoms with Gasteiger partial charge in [-0.05, 0) is 23.3 Å². The summed E-state index contributed by atoms with van der Waals surface area (Å²) in [6.07, 6.45) is 0. The monoisotopic (exact) mass is 309 g/mol. The van der Waals surface area contributed by atoms with E-state index in [4.69, 9.17) is 0 Å². The molecule has 0 fully saturated rings. The van der Waals surface area contributed by atoms with Crippen molar-refractivity contribution in [2.45, 2.75) is 12.2 Å². The predicted octanol–water partition coefficient (Wildman–Crippen LogP) is 3.65. The summed E-state index contributed by atoms with van der Waals surface area (Å²) in [5.41, 5.74) is 3.31. The zero-order valence-electron chi connectivity index (χ0n) is 12.1. The van der Waals surface area contributed by atoms with E-state index in [0.29, 0.717) is 11.6 Å². The van der Waals surface area contributed by atoms with Crippen LogP contribution in [0.5, 0.6) is 0 Å². The Morgan fingerprint density at radius 3 is 2.91 bits per heavy atom. The van der Waals surface area contributed by atoms with Crippen molar-refractivity contribution in [2.24, 2.45) is 0 Å². The molecule has 2 heterocycles. The Bertz CT molecular complexity index is 866. The number of hydrogen-bond donors (Lipinski definition) is 2. The third-order valence-electron chi connectivity index (χ3n) is 4.00. The van der Waals surface area contributed by atoms with Gasteiger partial charge in [0.25, 0.3) is 0 Å². The van der Waals surface area contributed by atoms with Gasteiger partial charge < -0.3 is 5.32 Å². The molecule has 0 bridgehead atoms. The topological polar surface area (TPSA) is 57.8 Å². The Labute approximate surface area is 132 Å². The molecule has 2 aromatic carbocycles. The van der Waals surface area contributed by atoms with Crippen LogP contribution in [0.25, 0.3) is 10.8 Å². The van der Waals surface area contributed by atoms with E-state index in [0.717, 1.165) is 11.3 Å². The summed E-state index contributed by atoms with van der Waals surface area (Å²) in [4.78, 5) is 11.9. The molecule has 3 aromatic rings. The number of H-pyrrole nitrogens is 1. The Hall–Kier alpha value is -2.27. The zero-order chi connectivity index (χ0) is 15.1. The number of thioether (sulfide) groups is 1. The van der Waals surface area contributed by atoms with Crippen LogP contribution in [-0.4, -0.2) is 21.9 Å². The normalized spacial score (nSPS) is 17.9. The molecule has 0 aliphatic carbocycles. The first-order chi connectivity index (χ1) is 10.7. The first kappa shape index (κ1) is 13.4. The number of amides is 1. The number of fused-ring (bicyclic) bond motifs is 2. The van der Waals surface area contributed by atoms with Gasteiger partial charge in [0.05, 0.1) is 11.0 Å². The first-order valence-corrected chi connectivity index (χ1v) is 8.23. The Balaban J connectivity index is 1.94. The molecule has 1 amide bonds. The van der Waals surface area contributed by atoms with Crippen molar-refractivity contribution in [2.75, 3.05) is 11.1 Å². The lowest BCUT2D eigenvalue weighted by atomic mass is 9.98. The summed E-state index contributed by atoms with van der Waals surface area (Å²) in [6.45, 7) is 2.00. The maximum atomic E-state index is 11.9. The molecule has 1 aliphatic heterocycles. The summed E-state index contributed by atoms with van der Waals surface area (Å²) in [5, 5.41) is 12.7. The van der Waals surface area contributed by atoms with Gasteiger partial charge in [-0.1, -0.05) is 42.5 Å². The summed E-state index contributed by atoms with van der Waals surface area (Å²) in [6, 6.07) is 14.7. The van der Waals surface area contributed by atoms with Gasteiger partial charge in [-0.3, -0.25) is 9.89 Å². The van der Waals surface area contributed by atoms with E-state index in [1.165, 1.54) is 16.3 Å². The van der Waals surface area contributed by atoms with E-state index in [-0.39, 0.29) is 11.2 Å². The molecule has 110 valence electrons. The van der Waals surface area contributed by atoms with Crippen molar-refractivity contribution in [1.82, 2.24) is 10.2 Å². The highest BCUT2D eigenvalue weighted by Gasteiger charge is 2.28.